The smallest absolute Gasteiger partial charge is 0.232 e. The number of carbonyl (C=O) groups is 1. The Balaban J connectivity index is 1.92. The Morgan fingerprint density at radius 3 is 2.94 bits per heavy atom. The molecule has 17 heavy (non-hydrogen) atoms. The van der Waals surface area contributed by atoms with E-state index in [1.165, 1.54) is 6.33 Å². The normalized spacial score (nSPS) is 17.6. The Morgan fingerprint density at radius 2 is 2.12 bits per heavy atom. The monoisotopic (exact) mass is 225 g/mol. The maximum absolute atomic E-state index is 11.9. The fourth-order valence-corrected chi connectivity index (χ4v) is 2.13. The van der Waals surface area contributed by atoms with Crippen LogP contribution in [0.1, 0.15) is 17.2 Å². The van der Waals surface area contributed by atoms with Crippen LogP contribution in [-0.2, 0) is 11.2 Å². The average Bonchev–Trinajstić information content (AvgIpc) is 2.68. The van der Waals surface area contributed by atoms with Crippen molar-refractivity contribution in [2.24, 2.45) is 0 Å². The number of aromatic nitrogens is 2. The van der Waals surface area contributed by atoms with E-state index in [-0.39, 0.29) is 11.8 Å². The highest BCUT2D eigenvalue weighted by Crippen LogP contribution is 2.33. The molecule has 0 saturated heterocycles. The summed E-state index contributed by atoms with van der Waals surface area (Å²) in [4.78, 5) is 19.9. The average molecular weight is 225 g/mol. The van der Waals surface area contributed by atoms with Crippen LogP contribution in [0.4, 0.5) is 5.69 Å². The lowest BCUT2D eigenvalue weighted by molar-refractivity contribution is -0.117. The molecule has 0 fully saturated rings. The molecule has 1 unspecified atom stereocenters. The molecule has 1 aliphatic heterocycles. The summed E-state index contributed by atoms with van der Waals surface area (Å²) >= 11 is 0. The lowest BCUT2D eigenvalue weighted by Crippen LogP contribution is -2.14. The van der Waals surface area contributed by atoms with Gasteiger partial charge in [0, 0.05) is 24.0 Å². The van der Waals surface area contributed by atoms with Gasteiger partial charge in [-0.25, -0.2) is 9.97 Å². The summed E-state index contributed by atoms with van der Waals surface area (Å²) < 4.78 is 0. The fraction of sp³-hybridized carbons (Fsp3) is 0.154. The molecule has 0 spiro atoms. The minimum Gasteiger partial charge on any atom is -0.325 e. The van der Waals surface area contributed by atoms with Crippen LogP contribution < -0.4 is 5.32 Å². The minimum absolute atomic E-state index is 0.0461. The molecule has 0 radical (unpaired) electrons. The van der Waals surface area contributed by atoms with Crippen molar-refractivity contribution in [2.45, 2.75) is 12.3 Å². The first-order valence-corrected chi connectivity index (χ1v) is 5.49. The van der Waals surface area contributed by atoms with Crippen molar-refractivity contribution in [3.63, 3.8) is 0 Å². The van der Waals surface area contributed by atoms with Crippen LogP contribution in [0.15, 0.2) is 42.9 Å². The SMILES string of the molecule is O=C1Nc2ccccc2C1Cc1ccncn1. The largest absolute Gasteiger partial charge is 0.325 e. The highest BCUT2D eigenvalue weighted by Gasteiger charge is 2.30. The van der Waals surface area contributed by atoms with Crippen molar-refractivity contribution < 1.29 is 4.79 Å². The van der Waals surface area contributed by atoms with Crippen molar-refractivity contribution >= 4 is 11.6 Å². The summed E-state index contributed by atoms with van der Waals surface area (Å²) in [7, 11) is 0. The van der Waals surface area contributed by atoms with Gasteiger partial charge in [0.15, 0.2) is 0 Å². The zero-order chi connectivity index (χ0) is 11.7. The van der Waals surface area contributed by atoms with Crippen LogP contribution in [0.2, 0.25) is 0 Å². The lowest BCUT2D eigenvalue weighted by Gasteiger charge is -2.07. The molecular weight excluding hydrogens is 214 g/mol. The number of amides is 1. The zero-order valence-electron chi connectivity index (χ0n) is 9.13. The van der Waals surface area contributed by atoms with Crippen LogP contribution in [0.3, 0.4) is 0 Å². The highest BCUT2D eigenvalue weighted by molar-refractivity contribution is 6.02. The van der Waals surface area contributed by atoms with E-state index >= 15 is 0 Å². The molecule has 0 aliphatic carbocycles. The summed E-state index contributed by atoms with van der Waals surface area (Å²) in [6, 6.07) is 9.62. The van der Waals surface area contributed by atoms with Gasteiger partial charge in [0.25, 0.3) is 0 Å². The van der Waals surface area contributed by atoms with E-state index in [9.17, 15) is 4.79 Å². The molecule has 1 amide bonds. The molecule has 0 bridgehead atoms. The molecule has 1 aliphatic rings. The van der Waals surface area contributed by atoms with Gasteiger partial charge in [0.2, 0.25) is 5.91 Å². The quantitative estimate of drug-likeness (QED) is 0.847. The van der Waals surface area contributed by atoms with Gasteiger partial charge in [-0.2, -0.15) is 0 Å². The van der Waals surface area contributed by atoms with Crippen LogP contribution in [0.5, 0.6) is 0 Å². The predicted molar refractivity (Wildman–Crippen MR) is 63.5 cm³/mol. The van der Waals surface area contributed by atoms with Gasteiger partial charge in [0.1, 0.15) is 6.33 Å². The van der Waals surface area contributed by atoms with E-state index in [0.717, 1.165) is 16.9 Å². The number of hydrogen-bond donors (Lipinski definition) is 1. The first-order valence-electron chi connectivity index (χ1n) is 5.49. The summed E-state index contributed by atoms with van der Waals surface area (Å²) in [5.74, 6) is -0.0917. The minimum atomic E-state index is -0.138. The molecule has 84 valence electrons. The van der Waals surface area contributed by atoms with Crippen LogP contribution >= 0.6 is 0 Å². The van der Waals surface area contributed by atoms with Crippen LogP contribution in [0, 0.1) is 0 Å². The number of nitrogens with zero attached hydrogens (tertiary/aromatic N) is 2. The Bertz CT molecular complexity index is 554. The standard InChI is InChI=1S/C13H11N3O/c17-13-11(7-9-5-6-14-8-15-9)10-3-1-2-4-12(10)16-13/h1-6,8,11H,7H2,(H,16,17). The molecule has 1 atom stereocenters. The van der Waals surface area contributed by atoms with Crippen molar-refractivity contribution in [3.05, 3.63) is 54.1 Å². The van der Waals surface area contributed by atoms with Gasteiger partial charge in [-0.15, -0.1) is 0 Å². The lowest BCUT2D eigenvalue weighted by atomic mass is 9.96. The number of carbonyl (C=O) groups excluding carboxylic acids is 1. The third kappa shape index (κ3) is 1.78. The van der Waals surface area contributed by atoms with Gasteiger partial charge in [-0.3, -0.25) is 4.79 Å². The topological polar surface area (TPSA) is 54.9 Å². The van der Waals surface area contributed by atoms with Gasteiger partial charge in [-0.05, 0) is 17.7 Å². The summed E-state index contributed by atoms with van der Waals surface area (Å²) in [5, 5.41) is 2.89. The summed E-state index contributed by atoms with van der Waals surface area (Å²) in [5.41, 5.74) is 2.85. The molecule has 3 rings (SSSR count). The van der Waals surface area contributed by atoms with E-state index in [4.69, 9.17) is 0 Å². The van der Waals surface area contributed by atoms with Gasteiger partial charge in [0.05, 0.1) is 5.92 Å². The second kappa shape index (κ2) is 3.97. The van der Waals surface area contributed by atoms with Gasteiger partial charge >= 0.3 is 0 Å². The van der Waals surface area contributed by atoms with Crippen molar-refractivity contribution in [3.8, 4) is 0 Å². The summed E-state index contributed by atoms with van der Waals surface area (Å²) in [6.07, 6.45) is 3.82. The molecule has 4 nitrogen and oxygen atoms in total. The second-order valence-electron chi connectivity index (χ2n) is 4.03. The first-order chi connectivity index (χ1) is 8.34. The number of benzene rings is 1. The van der Waals surface area contributed by atoms with Crippen LogP contribution in [0.25, 0.3) is 0 Å². The molecule has 0 saturated carbocycles. The number of para-hydroxylation sites is 1. The molecule has 1 aromatic heterocycles. The third-order valence-corrected chi connectivity index (χ3v) is 2.97. The maximum atomic E-state index is 11.9. The van der Waals surface area contributed by atoms with E-state index < -0.39 is 0 Å². The highest BCUT2D eigenvalue weighted by atomic mass is 16.2. The summed E-state index contributed by atoms with van der Waals surface area (Å²) in [6.45, 7) is 0. The fourth-order valence-electron chi connectivity index (χ4n) is 2.13. The van der Waals surface area contributed by atoms with Crippen molar-refractivity contribution in [1.82, 2.24) is 9.97 Å². The van der Waals surface area contributed by atoms with Gasteiger partial charge in [-0.1, -0.05) is 18.2 Å². The van der Waals surface area contributed by atoms with E-state index in [0.29, 0.717) is 6.42 Å². The Labute approximate surface area is 98.7 Å². The van der Waals surface area contributed by atoms with Crippen molar-refractivity contribution in [1.29, 1.82) is 0 Å². The van der Waals surface area contributed by atoms with Gasteiger partial charge < -0.3 is 5.32 Å². The van der Waals surface area contributed by atoms with E-state index in [1.807, 2.05) is 30.3 Å². The number of rotatable bonds is 2. The van der Waals surface area contributed by atoms with Crippen LogP contribution in [-0.4, -0.2) is 15.9 Å². The molecule has 1 aromatic carbocycles. The Hall–Kier alpha value is -2.23. The molecule has 2 aromatic rings. The molecule has 4 heteroatoms. The number of anilines is 1. The van der Waals surface area contributed by atoms with E-state index in [2.05, 4.69) is 15.3 Å². The third-order valence-electron chi connectivity index (χ3n) is 2.97. The van der Waals surface area contributed by atoms with E-state index in [1.54, 1.807) is 6.20 Å². The number of hydrogen-bond acceptors (Lipinski definition) is 3. The predicted octanol–water partition coefficient (Wildman–Crippen LogP) is 1.75. The molecular formula is C13H11N3O. The molecule has 1 N–H and O–H groups in total. The maximum Gasteiger partial charge on any atom is 0.232 e. The Kier molecular flexibility index (Phi) is 2.33. The zero-order valence-corrected chi connectivity index (χ0v) is 9.13. The Morgan fingerprint density at radius 1 is 1.24 bits per heavy atom. The van der Waals surface area contributed by atoms with Crippen molar-refractivity contribution in [2.75, 3.05) is 5.32 Å². The first kappa shape index (κ1) is 9.96. The number of nitrogens with one attached hydrogen (secondary N) is 1. The number of fused-ring (bicyclic) bond motifs is 1. The second-order valence-corrected chi connectivity index (χ2v) is 4.03. The molecule has 2 heterocycles.